The molecule has 5 rings (SSSR count). The van der Waals surface area contributed by atoms with Crippen LogP contribution in [0.5, 0.6) is 5.88 Å². The summed E-state index contributed by atoms with van der Waals surface area (Å²) in [7, 11) is -3.54. The van der Waals surface area contributed by atoms with Gasteiger partial charge >= 0.3 is 0 Å². The lowest BCUT2D eigenvalue weighted by Gasteiger charge is -2.37. The van der Waals surface area contributed by atoms with Gasteiger partial charge in [0.25, 0.3) is 0 Å². The van der Waals surface area contributed by atoms with Crippen molar-refractivity contribution in [1.82, 2.24) is 14.5 Å². The van der Waals surface area contributed by atoms with Gasteiger partial charge in [-0.05, 0) is 16.7 Å². The molecule has 1 aromatic heterocycles. The highest BCUT2D eigenvalue weighted by Gasteiger charge is 2.41. The van der Waals surface area contributed by atoms with Gasteiger partial charge in [0.1, 0.15) is 20.3 Å². The molecular formula is C26H26N4O2S. The van der Waals surface area contributed by atoms with Gasteiger partial charge in [0.05, 0.1) is 19.3 Å². The molecule has 0 radical (unpaired) electrons. The van der Waals surface area contributed by atoms with Crippen LogP contribution in [0.3, 0.4) is 0 Å². The smallest absolute Gasteiger partial charge is 0.230 e. The number of fused-ring (bicyclic) bond motifs is 1. The zero-order valence-corrected chi connectivity index (χ0v) is 19.2. The van der Waals surface area contributed by atoms with Crippen LogP contribution in [0.15, 0.2) is 102 Å². The normalized spacial score (nSPS) is 17.5. The van der Waals surface area contributed by atoms with E-state index in [-0.39, 0.29) is 4.90 Å². The van der Waals surface area contributed by atoms with E-state index in [4.69, 9.17) is 9.52 Å². The maximum Gasteiger partial charge on any atom is 0.230 e. The van der Waals surface area contributed by atoms with E-state index < -0.39 is 15.5 Å². The zero-order valence-electron chi connectivity index (χ0n) is 18.3. The van der Waals surface area contributed by atoms with Gasteiger partial charge in [-0.2, -0.15) is 5.10 Å². The zero-order chi connectivity index (χ0) is 22.9. The minimum atomic E-state index is -3.54. The van der Waals surface area contributed by atoms with Crippen LogP contribution in [-0.4, -0.2) is 20.6 Å². The van der Waals surface area contributed by atoms with Crippen LogP contribution in [0.2, 0.25) is 0 Å². The Morgan fingerprint density at radius 2 is 1.42 bits per heavy atom. The molecule has 2 unspecified atom stereocenters. The molecule has 0 saturated carbocycles. The Morgan fingerprint density at radius 3 is 1.91 bits per heavy atom. The fourth-order valence-electron chi connectivity index (χ4n) is 4.41. The number of rotatable bonds is 6. The molecule has 33 heavy (non-hydrogen) atoms. The molecule has 0 aliphatic carbocycles. The van der Waals surface area contributed by atoms with E-state index in [9.17, 15) is 4.21 Å². The highest BCUT2D eigenvalue weighted by molar-refractivity contribution is 7.90. The van der Waals surface area contributed by atoms with Gasteiger partial charge in [-0.25, -0.2) is 18.4 Å². The average molecular weight is 459 g/mol. The van der Waals surface area contributed by atoms with Gasteiger partial charge in [0, 0.05) is 5.92 Å². The fourth-order valence-corrected chi connectivity index (χ4v) is 5.91. The monoisotopic (exact) mass is 458 g/mol. The molecule has 6 nitrogen and oxygen atoms in total. The summed E-state index contributed by atoms with van der Waals surface area (Å²) < 4.78 is 34.1. The summed E-state index contributed by atoms with van der Waals surface area (Å²) in [6, 6.07) is 29.5. The number of aromatic nitrogens is 2. The molecule has 0 bridgehead atoms. The number of hydrogen-bond acceptors (Lipinski definition) is 4. The third-order valence-electron chi connectivity index (χ3n) is 5.98. The Balaban J connectivity index is 1.72. The largest absolute Gasteiger partial charge is 0.477 e. The molecule has 2 heterocycles. The van der Waals surface area contributed by atoms with E-state index in [1.54, 1.807) is 4.68 Å². The van der Waals surface area contributed by atoms with Crippen LogP contribution in [-0.2, 0) is 22.0 Å². The van der Waals surface area contributed by atoms with Gasteiger partial charge < -0.3 is 4.74 Å². The highest BCUT2D eigenvalue weighted by atomic mass is 32.2. The summed E-state index contributed by atoms with van der Waals surface area (Å²) in [5.74, 6) is 0.709. The Bertz CT molecular complexity index is 1240. The Hall–Kier alpha value is -3.42. The number of hydrogen-bond donors (Lipinski definition) is 2. The maximum atomic E-state index is 14.2. The lowest BCUT2D eigenvalue weighted by molar-refractivity contribution is 0.170. The molecule has 4 aromatic rings. The molecular weight excluding hydrogens is 432 g/mol. The molecule has 0 spiro atoms. The summed E-state index contributed by atoms with van der Waals surface area (Å²) in [5, 5.41) is 4.37. The fraction of sp³-hybridized carbons (Fsp3) is 0.192. The highest BCUT2D eigenvalue weighted by Crippen LogP contribution is 2.39. The summed E-state index contributed by atoms with van der Waals surface area (Å²) in [5.41, 5.74) is 1.63. The molecule has 3 aromatic carbocycles. The van der Waals surface area contributed by atoms with Crippen LogP contribution in [0.1, 0.15) is 23.6 Å². The number of benzene rings is 3. The first-order chi connectivity index (χ1) is 16.0. The Kier molecular flexibility index (Phi) is 5.52. The first kappa shape index (κ1) is 21.4. The van der Waals surface area contributed by atoms with Crippen molar-refractivity contribution in [3.05, 3.63) is 114 Å². The standard InChI is InChI=1S/C26H26N4O2S/c1-20-18-30-25(32-19-20)24(17-28-30)33(27,31)29-26(21-11-5-2-6-12-21,22-13-7-3-8-14-22)23-15-9-4-10-16-23/h2-17,20H,18-19H2,1H3,(H2,27,29,31). The third-order valence-corrected chi connectivity index (χ3v) is 7.47. The molecule has 0 saturated heterocycles. The molecule has 168 valence electrons. The first-order valence-corrected chi connectivity index (χ1v) is 12.5. The molecule has 2 atom stereocenters. The second-order valence-corrected chi connectivity index (χ2v) is 10.2. The van der Waals surface area contributed by atoms with Gasteiger partial charge in [0.15, 0.2) is 0 Å². The van der Waals surface area contributed by atoms with E-state index in [0.717, 1.165) is 16.7 Å². The van der Waals surface area contributed by atoms with Crippen LogP contribution < -0.4 is 9.46 Å². The predicted octanol–water partition coefficient (Wildman–Crippen LogP) is 4.81. The molecule has 0 amide bonds. The number of ether oxygens (including phenoxy) is 1. The summed E-state index contributed by atoms with van der Waals surface area (Å²) >= 11 is 0. The van der Waals surface area contributed by atoms with E-state index in [1.807, 2.05) is 91.0 Å². The molecule has 0 fully saturated rings. The molecule has 2 N–H and O–H groups in total. The van der Waals surface area contributed by atoms with Crippen LogP contribution in [0, 0.1) is 10.7 Å². The van der Waals surface area contributed by atoms with Gasteiger partial charge in [-0.1, -0.05) is 97.9 Å². The summed E-state index contributed by atoms with van der Waals surface area (Å²) in [4.78, 5) is 0.265. The third kappa shape index (κ3) is 3.83. The SMILES string of the molecule is CC1COc2c(S(=N)(=O)NC(c3ccccc3)(c3ccccc3)c3ccccc3)cnn2C1. The summed E-state index contributed by atoms with van der Waals surface area (Å²) in [6.45, 7) is 3.26. The van der Waals surface area contributed by atoms with E-state index in [1.165, 1.54) is 6.20 Å². The van der Waals surface area contributed by atoms with Gasteiger partial charge in [0.2, 0.25) is 5.88 Å². The molecule has 1 aliphatic rings. The Morgan fingerprint density at radius 1 is 0.939 bits per heavy atom. The lowest BCUT2D eigenvalue weighted by atomic mass is 9.78. The van der Waals surface area contributed by atoms with Crippen LogP contribution in [0.25, 0.3) is 0 Å². The Labute approximate surface area is 194 Å². The van der Waals surface area contributed by atoms with Crippen molar-refractivity contribution in [2.75, 3.05) is 6.61 Å². The topological polar surface area (TPSA) is 80.0 Å². The number of nitrogens with one attached hydrogen (secondary N) is 2. The van der Waals surface area contributed by atoms with E-state index in [0.29, 0.717) is 24.9 Å². The second kappa shape index (κ2) is 8.50. The van der Waals surface area contributed by atoms with Crippen molar-refractivity contribution in [3.8, 4) is 5.88 Å². The van der Waals surface area contributed by atoms with Crippen LogP contribution >= 0.6 is 0 Å². The van der Waals surface area contributed by atoms with Crippen LogP contribution in [0.4, 0.5) is 0 Å². The van der Waals surface area contributed by atoms with Crippen molar-refractivity contribution in [3.63, 3.8) is 0 Å². The quantitative estimate of drug-likeness (QED) is 0.407. The minimum absolute atomic E-state index is 0.265. The summed E-state index contributed by atoms with van der Waals surface area (Å²) in [6.07, 6.45) is 1.50. The van der Waals surface area contributed by atoms with Crippen molar-refractivity contribution in [2.24, 2.45) is 5.92 Å². The lowest BCUT2D eigenvalue weighted by Crippen LogP contribution is -2.47. The maximum absolute atomic E-state index is 14.2. The van der Waals surface area contributed by atoms with Gasteiger partial charge in [-0.15, -0.1) is 0 Å². The first-order valence-electron chi connectivity index (χ1n) is 10.9. The number of nitrogens with zero attached hydrogens (tertiary/aromatic N) is 2. The minimum Gasteiger partial charge on any atom is -0.477 e. The van der Waals surface area contributed by atoms with E-state index >= 15 is 0 Å². The predicted molar refractivity (Wildman–Crippen MR) is 128 cm³/mol. The van der Waals surface area contributed by atoms with E-state index in [2.05, 4.69) is 16.7 Å². The van der Waals surface area contributed by atoms with Crippen molar-refractivity contribution in [1.29, 1.82) is 4.78 Å². The van der Waals surface area contributed by atoms with Crippen molar-refractivity contribution in [2.45, 2.75) is 23.9 Å². The van der Waals surface area contributed by atoms with Gasteiger partial charge in [-0.3, -0.25) is 0 Å². The second-order valence-electron chi connectivity index (χ2n) is 8.42. The van der Waals surface area contributed by atoms with Crippen molar-refractivity contribution >= 4 is 9.92 Å². The molecule has 7 heteroatoms. The molecule has 1 aliphatic heterocycles. The average Bonchev–Trinajstić information content (AvgIpc) is 3.28. The van der Waals surface area contributed by atoms with Crippen molar-refractivity contribution < 1.29 is 8.95 Å².